The van der Waals surface area contributed by atoms with Crippen LogP contribution in [0.2, 0.25) is 0 Å². The van der Waals surface area contributed by atoms with Gasteiger partial charge in [-0.2, -0.15) is 9.78 Å². The molecule has 0 aliphatic rings. The predicted molar refractivity (Wildman–Crippen MR) is 91.0 cm³/mol. The zero-order valence-corrected chi connectivity index (χ0v) is 14.5. The number of rotatable bonds is 5. The van der Waals surface area contributed by atoms with Crippen LogP contribution in [0.25, 0.3) is 5.69 Å². The van der Waals surface area contributed by atoms with Crippen molar-refractivity contribution in [3.63, 3.8) is 0 Å². The van der Waals surface area contributed by atoms with Crippen LogP contribution in [-0.4, -0.2) is 27.3 Å². The lowest BCUT2D eigenvalue weighted by Crippen LogP contribution is -2.30. The highest BCUT2D eigenvalue weighted by Crippen LogP contribution is 2.15. The van der Waals surface area contributed by atoms with Crippen molar-refractivity contribution in [3.05, 3.63) is 50.9 Å². The standard InChI is InChI=1S/C16H18BrN3O3/c1-10(2)7-8-18-16(23)15-13(21)9-14(22)20(19-15)12-5-3-11(17)4-6-12/h3-6,9-10,21H,7-8H2,1-2H3,(H,18,23). The Labute approximate surface area is 142 Å². The number of hydrogen-bond donors (Lipinski definition) is 2. The van der Waals surface area contributed by atoms with Crippen LogP contribution in [0.15, 0.2) is 39.6 Å². The average Bonchev–Trinajstić information content (AvgIpc) is 2.48. The molecule has 0 saturated heterocycles. The number of aromatic hydroxyl groups is 1. The van der Waals surface area contributed by atoms with Crippen molar-refractivity contribution in [3.8, 4) is 11.4 Å². The van der Waals surface area contributed by atoms with Crippen LogP contribution in [0.3, 0.4) is 0 Å². The van der Waals surface area contributed by atoms with Crippen molar-refractivity contribution in [2.75, 3.05) is 6.54 Å². The van der Waals surface area contributed by atoms with Gasteiger partial charge in [0.2, 0.25) is 0 Å². The van der Waals surface area contributed by atoms with Crippen LogP contribution < -0.4 is 10.9 Å². The van der Waals surface area contributed by atoms with E-state index in [9.17, 15) is 14.7 Å². The third-order valence-electron chi connectivity index (χ3n) is 3.21. The van der Waals surface area contributed by atoms with Crippen LogP contribution in [0.5, 0.6) is 5.75 Å². The van der Waals surface area contributed by atoms with E-state index in [4.69, 9.17) is 0 Å². The Morgan fingerprint density at radius 1 is 1.35 bits per heavy atom. The van der Waals surface area contributed by atoms with Crippen molar-refractivity contribution in [2.24, 2.45) is 5.92 Å². The summed E-state index contributed by atoms with van der Waals surface area (Å²) in [5.41, 5.74) is -0.172. The maximum atomic E-state index is 12.1. The summed E-state index contributed by atoms with van der Waals surface area (Å²) in [5, 5.41) is 16.5. The topological polar surface area (TPSA) is 84.2 Å². The van der Waals surface area contributed by atoms with Gasteiger partial charge in [-0.25, -0.2) is 0 Å². The number of carbonyl (C=O) groups excluding carboxylic acids is 1. The fraction of sp³-hybridized carbons (Fsp3) is 0.312. The first kappa shape index (κ1) is 17.2. The third kappa shape index (κ3) is 4.41. The van der Waals surface area contributed by atoms with Crippen LogP contribution in [-0.2, 0) is 0 Å². The Morgan fingerprint density at radius 2 is 2.00 bits per heavy atom. The van der Waals surface area contributed by atoms with E-state index < -0.39 is 17.2 Å². The molecule has 0 fully saturated rings. The van der Waals surface area contributed by atoms with Crippen LogP contribution in [0, 0.1) is 5.92 Å². The molecule has 1 heterocycles. The lowest BCUT2D eigenvalue weighted by atomic mass is 10.1. The summed E-state index contributed by atoms with van der Waals surface area (Å²) < 4.78 is 1.95. The van der Waals surface area contributed by atoms with Gasteiger partial charge in [0.1, 0.15) is 0 Å². The minimum atomic E-state index is -0.511. The Bertz CT molecular complexity index is 754. The quantitative estimate of drug-likeness (QED) is 0.835. The van der Waals surface area contributed by atoms with Crippen LogP contribution in [0.4, 0.5) is 0 Å². The van der Waals surface area contributed by atoms with E-state index in [1.807, 2.05) is 0 Å². The Kier molecular flexibility index (Phi) is 5.54. The number of benzene rings is 1. The Balaban J connectivity index is 2.31. The Hall–Kier alpha value is -2.15. The summed E-state index contributed by atoms with van der Waals surface area (Å²) in [6.07, 6.45) is 0.818. The molecule has 2 aromatic rings. The molecule has 122 valence electrons. The fourth-order valence-corrected chi connectivity index (χ4v) is 2.20. The molecule has 1 amide bonds. The molecular weight excluding hydrogens is 362 g/mol. The molecule has 7 heteroatoms. The largest absolute Gasteiger partial charge is 0.505 e. The number of nitrogens with one attached hydrogen (secondary N) is 1. The normalized spacial score (nSPS) is 10.8. The van der Waals surface area contributed by atoms with Gasteiger partial charge in [-0.3, -0.25) is 9.59 Å². The number of halogens is 1. The van der Waals surface area contributed by atoms with Crippen molar-refractivity contribution < 1.29 is 9.90 Å². The van der Waals surface area contributed by atoms with Crippen molar-refractivity contribution in [1.29, 1.82) is 0 Å². The van der Waals surface area contributed by atoms with Gasteiger partial charge in [0.15, 0.2) is 11.4 Å². The van der Waals surface area contributed by atoms with Crippen molar-refractivity contribution >= 4 is 21.8 Å². The van der Waals surface area contributed by atoms with E-state index >= 15 is 0 Å². The zero-order valence-electron chi connectivity index (χ0n) is 12.9. The SMILES string of the molecule is CC(C)CCNC(=O)c1nn(-c2ccc(Br)cc2)c(=O)cc1O. The van der Waals surface area contributed by atoms with Crippen molar-refractivity contribution in [2.45, 2.75) is 20.3 Å². The molecule has 0 atom stereocenters. The maximum Gasteiger partial charge on any atom is 0.275 e. The van der Waals surface area contributed by atoms with Crippen LogP contribution in [0.1, 0.15) is 30.8 Å². The summed E-state index contributed by atoms with van der Waals surface area (Å²) in [6.45, 7) is 4.58. The second-order valence-corrected chi connectivity index (χ2v) is 6.46. The van der Waals surface area contributed by atoms with Crippen molar-refractivity contribution in [1.82, 2.24) is 15.1 Å². The van der Waals surface area contributed by atoms with Gasteiger partial charge >= 0.3 is 0 Å². The molecule has 1 aromatic carbocycles. The molecule has 2 N–H and O–H groups in total. The molecule has 0 aliphatic heterocycles. The molecule has 0 radical (unpaired) electrons. The molecule has 0 saturated carbocycles. The first-order chi connectivity index (χ1) is 10.9. The van der Waals surface area contributed by atoms with Gasteiger partial charge in [-0.05, 0) is 36.6 Å². The second-order valence-electron chi connectivity index (χ2n) is 5.54. The molecule has 0 spiro atoms. The first-order valence-corrected chi connectivity index (χ1v) is 8.05. The Morgan fingerprint density at radius 3 is 2.61 bits per heavy atom. The monoisotopic (exact) mass is 379 g/mol. The molecule has 0 unspecified atom stereocenters. The van der Waals surface area contributed by atoms with E-state index in [-0.39, 0.29) is 5.69 Å². The molecule has 6 nitrogen and oxygen atoms in total. The number of amides is 1. The number of carbonyl (C=O) groups is 1. The minimum absolute atomic E-state index is 0.170. The summed E-state index contributed by atoms with van der Waals surface area (Å²) in [7, 11) is 0. The van der Waals surface area contributed by atoms with Gasteiger partial charge in [0.25, 0.3) is 11.5 Å². The third-order valence-corrected chi connectivity index (χ3v) is 3.73. The van der Waals surface area contributed by atoms with E-state index in [0.717, 1.165) is 21.6 Å². The van der Waals surface area contributed by atoms with Gasteiger partial charge in [0.05, 0.1) is 5.69 Å². The molecule has 0 aliphatic carbocycles. The molecule has 23 heavy (non-hydrogen) atoms. The van der Waals surface area contributed by atoms with Gasteiger partial charge in [0, 0.05) is 17.1 Å². The van der Waals surface area contributed by atoms with E-state index in [1.165, 1.54) is 0 Å². The molecular formula is C16H18BrN3O3. The highest BCUT2D eigenvalue weighted by atomic mass is 79.9. The van der Waals surface area contributed by atoms with Crippen LogP contribution >= 0.6 is 15.9 Å². The molecule has 1 aromatic heterocycles. The highest BCUT2D eigenvalue weighted by molar-refractivity contribution is 9.10. The lowest BCUT2D eigenvalue weighted by Gasteiger charge is -2.10. The fourth-order valence-electron chi connectivity index (χ4n) is 1.93. The predicted octanol–water partition coefficient (Wildman–Crippen LogP) is 2.48. The lowest BCUT2D eigenvalue weighted by molar-refractivity contribution is 0.0942. The summed E-state index contributed by atoms with van der Waals surface area (Å²) >= 11 is 3.31. The number of hydrogen-bond acceptors (Lipinski definition) is 4. The smallest absolute Gasteiger partial charge is 0.275 e. The zero-order chi connectivity index (χ0) is 17.0. The second kappa shape index (κ2) is 7.41. The summed E-state index contributed by atoms with van der Waals surface area (Å²) in [4.78, 5) is 24.1. The number of nitrogens with zero attached hydrogens (tertiary/aromatic N) is 2. The van der Waals surface area contributed by atoms with E-state index in [1.54, 1.807) is 24.3 Å². The van der Waals surface area contributed by atoms with Gasteiger partial charge in [-0.15, -0.1) is 0 Å². The summed E-state index contributed by atoms with van der Waals surface area (Å²) in [5.74, 6) is -0.479. The van der Waals surface area contributed by atoms with Gasteiger partial charge in [-0.1, -0.05) is 29.8 Å². The first-order valence-electron chi connectivity index (χ1n) is 7.26. The maximum absolute atomic E-state index is 12.1. The molecule has 0 bridgehead atoms. The van der Waals surface area contributed by atoms with E-state index in [0.29, 0.717) is 18.2 Å². The minimum Gasteiger partial charge on any atom is -0.505 e. The number of aromatic nitrogens is 2. The summed E-state index contributed by atoms with van der Waals surface area (Å²) in [6, 6.07) is 7.90. The molecule has 2 rings (SSSR count). The highest BCUT2D eigenvalue weighted by Gasteiger charge is 2.16. The van der Waals surface area contributed by atoms with Gasteiger partial charge < -0.3 is 10.4 Å². The van der Waals surface area contributed by atoms with E-state index in [2.05, 4.69) is 40.2 Å². The average molecular weight is 380 g/mol.